The van der Waals surface area contributed by atoms with E-state index >= 15 is 0 Å². The molecule has 0 saturated heterocycles. The number of aromatic nitrogens is 1. The minimum Gasteiger partial charge on any atom is -0.464 e. The fraction of sp³-hybridized carbons (Fsp3) is 0. The molecule has 0 unspecified atom stereocenters. The fourth-order valence-electron chi connectivity index (χ4n) is 3.33. The van der Waals surface area contributed by atoms with Gasteiger partial charge in [0.05, 0.1) is 11.3 Å². The van der Waals surface area contributed by atoms with Crippen molar-refractivity contribution in [3.05, 3.63) is 66.4 Å². The Hall–Kier alpha value is -3.60. The molecular weight excluding hydrogens is 316 g/mol. The Balaban J connectivity index is 1.73. The van der Waals surface area contributed by atoms with Crippen LogP contribution in [0.4, 0.5) is 0 Å². The van der Waals surface area contributed by atoms with Gasteiger partial charge >= 0.3 is 0 Å². The van der Waals surface area contributed by atoms with E-state index in [1.807, 2.05) is 48.5 Å². The molecule has 0 saturated carbocycles. The molecule has 2 N–H and O–H groups in total. The first kappa shape index (κ1) is 13.8. The Morgan fingerprint density at radius 2 is 1.76 bits per heavy atom. The van der Waals surface area contributed by atoms with E-state index in [9.17, 15) is 9.59 Å². The van der Waals surface area contributed by atoms with Crippen molar-refractivity contribution in [1.82, 2.24) is 10.3 Å². The highest BCUT2D eigenvalue weighted by Gasteiger charge is 2.24. The van der Waals surface area contributed by atoms with Crippen molar-refractivity contribution >= 4 is 39.3 Å². The first-order chi connectivity index (χ1) is 12.2. The maximum Gasteiger partial charge on any atom is 0.258 e. The molecule has 5 heteroatoms. The van der Waals surface area contributed by atoms with Crippen LogP contribution in [-0.2, 0) is 9.59 Å². The van der Waals surface area contributed by atoms with Crippen molar-refractivity contribution in [2.45, 2.75) is 0 Å². The van der Waals surface area contributed by atoms with Gasteiger partial charge in [0.2, 0.25) is 0 Å². The van der Waals surface area contributed by atoms with Gasteiger partial charge in [-0.15, -0.1) is 0 Å². The molecule has 1 aliphatic heterocycles. The number of furan rings is 1. The lowest BCUT2D eigenvalue weighted by atomic mass is 10.0. The first-order valence-corrected chi connectivity index (χ1v) is 7.86. The number of carbonyl (C=O) groups is 2. The summed E-state index contributed by atoms with van der Waals surface area (Å²) in [6.07, 6.45) is 3.07. The van der Waals surface area contributed by atoms with Crippen molar-refractivity contribution in [1.29, 1.82) is 0 Å². The van der Waals surface area contributed by atoms with Crippen LogP contribution in [0, 0.1) is 0 Å². The Morgan fingerprint density at radius 1 is 0.880 bits per heavy atom. The maximum absolute atomic E-state index is 12.0. The van der Waals surface area contributed by atoms with Crippen LogP contribution in [-0.4, -0.2) is 16.8 Å². The molecule has 0 radical (unpaired) electrons. The Bertz CT molecular complexity index is 1210. The molecule has 0 spiro atoms. The number of fused-ring (bicyclic) bond motifs is 2. The van der Waals surface area contributed by atoms with Gasteiger partial charge in [-0.3, -0.25) is 14.9 Å². The number of aromatic amines is 1. The van der Waals surface area contributed by atoms with E-state index in [1.54, 1.807) is 6.26 Å². The number of amides is 2. The van der Waals surface area contributed by atoms with Crippen LogP contribution >= 0.6 is 0 Å². The molecule has 25 heavy (non-hydrogen) atoms. The van der Waals surface area contributed by atoms with E-state index in [-0.39, 0.29) is 11.8 Å². The van der Waals surface area contributed by atoms with E-state index in [0.29, 0.717) is 5.57 Å². The van der Waals surface area contributed by atoms with Crippen molar-refractivity contribution in [3.8, 4) is 11.3 Å². The molecule has 0 bridgehead atoms. The zero-order valence-corrected chi connectivity index (χ0v) is 13.0. The van der Waals surface area contributed by atoms with Crippen LogP contribution in [0.3, 0.4) is 0 Å². The van der Waals surface area contributed by atoms with Gasteiger partial charge in [-0.2, -0.15) is 0 Å². The molecule has 120 valence electrons. The second-order valence-electron chi connectivity index (χ2n) is 5.97. The van der Waals surface area contributed by atoms with Crippen LogP contribution in [0.25, 0.3) is 38.7 Å². The molecule has 5 nitrogen and oxygen atoms in total. The number of benzene rings is 2. The zero-order valence-electron chi connectivity index (χ0n) is 13.0. The standard InChI is InChI=1S/C20H12N2O3/c23-19-9-14(20(24)22-19)11-5-3-6-16-13(11)8-17(21-16)15-10-25-18-7-2-1-4-12(15)18/h1-10,21H,(H,22,23,24). The van der Waals surface area contributed by atoms with Crippen LogP contribution in [0.1, 0.15) is 5.56 Å². The quantitative estimate of drug-likeness (QED) is 0.552. The highest BCUT2D eigenvalue weighted by atomic mass is 16.3. The molecule has 2 aromatic carbocycles. The predicted molar refractivity (Wildman–Crippen MR) is 94.6 cm³/mol. The number of para-hydroxylation sites is 1. The van der Waals surface area contributed by atoms with Crippen LogP contribution in [0.15, 0.2) is 65.3 Å². The fourth-order valence-corrected chi connectivity index (χ4v) is 3.33. The maximum atomic E-state index is 12.0. The van der Waals surface area contributed by atoms with Crippen LogP contribution in [0.5, 0.6) is 0 Å². The zero-order chi connectivity index (χ0) is 17.0. The number of imide groups is 1. The van der Waals surface area contributed by atoms with E-state index < -0.39 is 0 Å². The molecule has 2 amide bonds. The van der Waals surface area contributed by atoms with Crippen molar-refractivity contribution < 1.29 is 14.0 Å². The van der Waals surface area contributed by atoms with Crippen molar-refractivity contribution in [2.75, 3.05) is 0 Å². The summed E-state index contributed by atoms with van der Waals surface area (Å²) in [4.78, 5) is 26.9. The Morgan fingerprint density at radius 3 is 2.60 bits per heavy atom. The average molecular weight is 328 g/mol. The third kappa shape index (κ3) is 2.03. The van der Waals surface area contributed by atoms with Gasteiger partial charge in [0.1, 0.15) is 11.8 Å². The first-order valence-electron chi connectivity index (χ1n) is 7.86. The third-order valence-electron chi connectivity index (χ3n) is 4.48. The number of H-pyrrole nitrogens is 1. The van der Waals surface area contributed by atoms with E-state index in [1.165, 1.54) is 6.08 Å². The van der Waals surface area contributed by atoms with Gasteiger partial charge < -0.3 is 9.40 Å². The molecule has 4 aromatic rings. The Labute approximate surface area is 141 Å². The summed E-state index contributed by atoms with van der Waals surface area (Å²) < 4.78 is 5.62. The molecule has 0 fully saturated rings. The molecular formula is C20H12N2O3. The number of hydrogen-bond acceptors (Lipinski definition) is 3. The van der Waals surface area contributed by atoms with Crippen LogP contribution < -0.4 is 5.32 Å². The largest absolute Gasteiger partial charge is 0.464 e. The highest BCUT2D eigenvalue weighted by Crippen LogP contribution is 2.34. The van der Waals surface area contributed by atoms with Gasteiger partial charge in [0.25, 0.3) is 11.8 Å². The number of rotatable bonds is 2. The summed E-state index contributed by atoms with van der Waals surface area (Å²) in [7, 11) is 0. The average Bonchev–Trinajstić information content (AvgIpc) is 3.30. The van der Waals surface area contributed by atoms with Crippen LogP contribution in [0.2, 0.25) is 0 Å². The summed E-state index contributed by atoms with van der Waals surface area (Å²) in [6, 6.07) is 15.5. The molecule has 2 aromatic heterocycles. The summed E-state index contributed by atoms with van der Waals surface area (Å²) in [5.74, 6) is -0.748. The molecule has 5 rings (SSSR count). The van der Waals surface area contributed by atoms with Gasteiger partial charge in [-0.1, -0.05) is 30.3 Å². The Kier molecular flexibility index (Phi) is 2.73. The van der Waals surface area contributed by atoms with Crippen molar-refractivity contribution in [2.24, 2.45) is 0 Å². The van der Waals surface area contributed by atoms with E-state index in [2.05, 4.69) is 10.3 Å². The topological polar surface area (TPSA) is 75.1 Å². The smallest absolute Gasteiger partial charge is 0.258 e. The summed E-state index contributed by atoms with van der Waals surface area (Å²) in [5.41, 5.74) is 4.69. The normalized spacial score (nSPS) is 14.3. The van der Waals surface area contributed by atoms with Gasteiger partial charge in [0, 0.05) is 27.9 Å². The second kappa shape index (κ2) is 4.95. The van der Waals surface area contributed by atoms with E-state index in [4.69, 9.17) is 4.42 Å². The third-order valence-corrected chi connectivity index (χ3v) is 4.48. The minimum atomic E-state index is -0.381. The molecule has 1 aliphatic rings. The van der Waals surface area contributed by atoms with Crippen molar-refractivity contribution in [3.63, 3.8) is 0 Å². The van der Waals surface area contributed by atoms with Gasteiger partial charge in [-0.05, 0) is 23.8 Å². The second-order valence-corrected chi connectivity index (χ2v) is 5.97. The predicted octanol–water partition coefficient (Wildman–Crippen LogP) is 3.62. The lowest BCUT2D eigenvalue weighted by molar-refractivity contribution is -0.123. The van der Waals surface area contributed by atoms with E-state index in [0.717, 1.165) is 38.7 Å². The SMILES string of the molecule is O=C1C=C(c2cccc3[nH]c(-c4coc5ccccc45)cc23)C(=O)N1. The van der Waals surface area contributed by atoms with Gasteiger partial charge in [-0.25, -0.2) is 0 Å². The molecule has 0 atom stereocenters. The number of nitrogens with one attached hydrogen (secondary N) is 2. The molecule has 3 heterocycles. The lowest BCUT2D eigenvalue weighted by Gasteiger charge is -2.01. The summed E-state index contributed by atoms with van der Waals surface area (Å²) in [5, 5.41) is 4.20. The highest BCUT2D eigenvalue weighted by molar-refractivity contribution is 6.35. The monoisotopic (exact) mass is 328 g/mol. The number of carbonyl (C=O) groups excluding carboxylic acids is 2. The summed E-state index contributed by atoms with van der Waals surface area (Å²) in [6.45, 7) is 0. The lowest BCUT2D eigenvalue weighted by Crippen LogP contribution is -2.21. The molecule has 0 aliphatic carbocycles. The van der Waals surface area contributed by atoms with Gasteiger partial charge in [0.15, 0.2) is 0 Å². The summed E-state index contributed by atoms with van der Waals surface area (Å²) >= 11 is 0. The number of hydrogen-bond donors (Lipinski definition) is 2. The minimum absolute atomic E-state index is 0.367.